The molecule has 0 aliphatic carbocycles. The van der Waals surface area contributed by atoms with Crippen molar-refractivity contribution in [2.24, 2.45) is 0 Å². The van der Waals surface area contributed by atoms with Gasteiger partial charge in [-0.2, -0.15) is 13.2 Å². The Bertz CT molecular complexity index is 455. The maximum absolute atomic E-state index is 12.1. The van der Waals surface area contributed by atoms with Crippen LogP contribution in [-0.4, -0.2) is 16.8 Å². The summed E-state index contributed by atoms with van der Waals surface area (Å²) >= 11 is 5.15. The maximum Gasteiger partial charge on any atom is 0.431 e. The number of aromatic amines is 1. The largest absolute Gasteiger partial charge is 0.431 e. The lowest BCUT2D eigenvalue weighted by Gasteiger charge is -2.07. The molecular formula is C8H6ClF3N2O2. The van der Waals surface area contributed by atoms with E-state index in [9.17, 15) is 22.8 Å². The van der Waals surface area contributed by atoms with Crippen LogP contribution in [0.4, 0.5) is 18.9 Å². The lowest BCUT2D eigenvalue weighted by atomic mass is 10.3. The number of amides is 1. The van der Waals surface area contributed by atoms with Crippen LogP contribution < -0.4 is 10.9 Å². The number of nitrogens with one attached hydrogen (secondary N) is 2. The Balaban J connectivity index is 3.01. The molecule has 1 aromatic heterocycles. The van der Waals surface area contributed by atoms with Crippen molar-refractivity contribution in [2.75, 3.05) is 11.2 Å². The van der Waals surface area contributed by atoms with Crippen molar-refractivity contribution in [3.8, 4) is 0 Å². The van der Waals surface area contributed by atoms with Crippen molar-refractivity contribution >= 4 is 23.2 Å². The Labute approximate surface area is 92.4 Å². The Morgan fingerprint density at radius 2 is 2.06 bits per heavy atom. The molecule has 0 atom stereocenters. The van der Waals surface area contributed by atoms with Gasteiger partial charge in [0.05, 0.1) is 0 Å². The molecule has 0 bridgehead atoms. The minimum atomic E-state index is -4.63. The maximum atomic E-state index is 12.1. The molecule has 1 amide bonds. The van der Waals surface area contributed by atoms with E-state index in [4.69, 9.17) is 11.6 Å². The van der Waals surface area contributed by atoms with Crippen LogP contribution in [0.3, 0.4) is 0 Å². The number of carbonyl (C=O) groups is 1. The standard InChI is InChI=1S/C8H6ClF3N2O2/c9-3-6(15)13-4-1-2-5(8(10,11)12)14-7(4)16/h1-2H,3H2,(H,13,15)(H,14,16). The number of pyridine rings is 1. The first kappa shape index (κ1) is 12.6. The highest BCUT2D eigenvalue weighted by molar-refractivity contribution is 6.29. The van der Waals surface area contributed by atoms with Gasteiger partial charge in [-0.25, -0.2) is 0 Å². The normalized spacial score (nSPS) is 11.2. The third-order valence-electron chi connectivity index (χ3n) is 1.61. The van der Waals surface area contributed by atoms with Gasteiger partial charge in [0.25, 0.3) is 5.56 Å². The van der Waals surface area contributed by atoms with Crippen LogP contribution in [0.5, 0.6) is 0 Å². The van der Waals surface area contributed by atoms with Crippen LogP contribution in [0.1, 0.15) is 5.69 Å². The van der Waals surface area contributed by atoms with Gasteiger partial charge in [-0.15, -0.1) is 11.6 Å². The molecule has 88 valence electrons. The molecular weight excluding hydrogens is 249 g/mol. The highest BCUT2D eigenvalue weighted by Crippen LogP contribution is 2.26. The van der Waals surface area contributed by atoms with Gasteiger partial charge in [-0.05, 0) is 12.1 Å². The molecule has 0 aromatic carbocycles. The Morgan fingerprint density at radius 1 is 1.44 bits per heavy atom. The molecule has 0 saturated carbocycles. The minimum Gasteiger partial charge on any atom is -0.320 e. The first-order chi connectivity index (χ1) is 7.34. The summed E-state index contributed by atoms with van der Waals surface area (Å²) < 4.78 is 36.4. The average Bonchev–Trinajstić information content (AvgIpc) is 2.19. The van der Waals surface area contributed by atoms with E-state index in [2.05, 4.69) is 5.32 Å². The minimum absolute atomic E-state index is 0.279. The molecule has 0 fully saturated rings. The van der Waals surface area contributed by atoms with E-state index >= 15 is 0 Å². The monoisotopic (exact) mass is 254 g/mol. The van der Waals surface area contributed by atoms with Crippen LogP contribution in [-0.2, 0) is 11.0 Å². The number of hydrogen-bond donors (Lipinski definition) is 2. The number of H-pyrrole nitrogens is 1. The summed E-state index contributed by atoms with van der Waals surface area (Å²) in [5.41, 5.74) is -2.49. The van der Waals surface area contributed by atoms with E-state index in [0.29, 0.717) is 6.07 Å². The second kappa shape index (κ2) is 4.56. The number of aromatic nitrogens is 1. The molecule has 16 heavy (non-hydrogen) atoms. The van der Waals surface area contributed by atoms with E-state index in [1.165, 1.54) is 0 Å². The summed E-state index contributed by atoms with van der Waals surface area (Å²) in [6.07, 6.45) is -4.63. The Hall–Kier alpha value is -1.50. The molecule has 0 radical (unpaired) electrons. The quantitative estimate of drug-likeness (QED) is 0.787. The first-order valence-corrected chi connectivity index (χ1v) is 4.54. The number of carbonyl (C=O) groups excluding carboxylic acids is 1. The number of rotatable bonds is 2. The zero-order valence-corrected chi connectivity index (χ0v) is 8.45. The summed E-state index contributed by atoms with van der Waals surface area (Å²) in [6, 6.07) is 1.53. The van der Waals surface area contributed by atoms with Gasteiger partial charge >= 0.3 is 6.18 Å². The highest BCUT2D eigenvalue weighted by atomic mass is 35.5. The number of alkyl halides is 4. The van der Waals surface area contributed by atoms with Gasteiger partial charge in [-0.1, -0.05) is 0 Å². The zero-order valence-electron chi connectivity index (χ0n) is 7.69. The average molecular weight is 255 g/mol. The third kappa shape index (κ3) is 2.99. The smallest absolute Gasteiger partial charge is 0.320 e. The van der Waals surface area contributed by atoms with Gasteiger partial charge in [-0.3, -0.25) is 9.59 Å². The van der Waals surface area contributed by atoms with E-state index in [-0.39, 0.29) is 11.6 Å². The van der Waals surface area contributed by atoms with Crippen molar-refractivity contribution in [1.82, 2.24) is 4.98 Å². The van der Waals surface area contributed by atoms with Crippen molar-refractivity contribution < 1.29 is 18.0 Å². The van der Waals surface area contributed by atoms with Crippen LogP contribution in [0.15, 0.2) is 16.9 Å². The van der Waals surface area contributed by atoms with Crippen LogP contribution >= 0.6 is 11.6 Å². The van der Waals surface area contributed by atoms with Crippen molar-refractivity contribution in [3.05, 3.63) is 28.2 Å². The molecule has 1 rings (SSSR count). The van der Waals surface area contributed by atoms with Crippen molar-refractivity contribution in [2.45, 2.75) is 6.18 Å². The van der Waals surface area contributed by atoms with E-state index in [1.807, 2.05) is 0 Å². The van der Waals surface area contributed by atoms with E-state index < -0.39 is 23.3 Å². The summed E-state index contributed by atoms with van der Waals surface area (Å²) in [7, 11) is 0. The lowest BCUT2D eigenvalue weighted by Crippen LogP contribution is -2.23. The van der Waals surface area contributed by atoms with Gasteiger partial charge < -0.3 is 10.3 Å². The fraction of sp³-hybridized carbons (Fsp3) is 0.250. The molecule has 8 heteroatoms. The molecule has 2 N–H and O–H groups in total. The van der Waals surface area contributed by atoms with E-state index in [1.54, 1.807) is 4.98 Å². The zero-order chi connectivity index (χ0) is 12.3. The molecule has 0 spiro atoms. The number of halogens is 4. The SMILES string of the molecule is O=C(CCl)Nc1ccc(C(F)(F)F)[nH]c1=O. The van der Waals surface area contributed by atoms with Crippen LogP contribution in [0.25, 0.3) is 0 Å². The van der Waals surface area contributed by atoms with E-state index in [0.717, 1.165) is 6.07 Å². The summed E-state index contributed by atoms with van der Waals surface area (Å²) in [4.78, 5) is 23.5. The molecule has 0 aliphatic rings. The summed E-state index contributed by atoms with van der Waals surface area (Å²) in [6.45, 7) is 0. The topological polar surface area (TPSA) is 62.0 Å². The van der Waals surface area contributed by atoms with Crippen molar-refractivity contribution in [1.29, 1.82) is 0 Å². The Kier molecular flexibility index (Phi) is 3.58. The third-order valence-corrected chi connectivity index (χ3v) is 1.85. The second-order valence-electron chi connectivity index (χ2n) is 2.79. The molecule has 0 saturated heterocycles. The molecule has 1 aromatic rings. The number of anilines is 1. The van der Waals surface area contributed by atoms with Crippen LogP contribution in [0, 0.1) is 0 Å². The molecule has 4 nitrogen and oxygen atoms in total. The van der Waals surface area contributed by atoms with Gasteiger partial charge in [0.15, 0.2) is 0 Å². The Morgan fingerprint density at radius 3 is 2.50 bits per heavy atom. The van der Waals surface area contributed by atoms with Crippen molar-refractivity contribution in [3.63, 3.8) is 0 Å². The second-order valence-corrected chi connectivity index (χ2v) is 3.06. The summed E-state index contributed by atoms with van der Waals surface area (Å²) in [5, 5.41) is 2.06. The number of hydrogen-bond acceptors (Lipinski definition) is 2. The van der Waals surface area contributed by atoms with Crippen LogP contribution in [0.2, 0.25) is 0 Å². The fourth-order valence-corrected chi connectivity index (χ4v) is 0.988. The van der Waals surface area contributed by atoms with Gasteiger partial charge in [0.2, 0.25) is 5.91 Å². The molecule has 1 heterocycles. The van der Waals surface area contributed by atoms with Gasteiger partial charge in [0.1, 0.15) is 17.3 Å². The summed E-state index contributed by atoms with van der Waals surface area (Å²) in [5.74, 6) is -1.06. The fourth-order valence-electron chi connectivity index (χ4n) is 0.921. The predicted molar refractivity (Wildman–Crippen MR) is 51.4 cm³/mol. The predicted octanol–water partition coefficient (Wildman–Crippen LogP) is 1.57. The lowest BCUT2D eigenvalue weighted by molar-refractivity contribution is -0.141. The molecule has 0 aliphatic heterocycles. The van der Waals surface area contributed by atoms with Gasteiger partial charge in [0, 0.05) is 0 Å². The highest BCUT2D eigenvalue weighted by Gasteiger charge is 2.31. The molecule has 0 unspecified atom stereocenters. The first-order valence-electron chi connectivity index (χ1n) is 4.01.